The molecule has 2 aliphatic rings. The topological polar surface area (TPSA) is 52.9 Å². The van der Waals surface area contributed by atoms with Crippen LogP contribution in [0.15, 0.2) is 48.0 Å². The number of rotatable bonds is 2. The highest BCUT2D eigenvalue weighted by Crippen LogP contribution is 2.51. The second-order valence-corrected chi connectivity index (χ2v) is 8.11. The van der Waals surface area contributed by atoms with Crippen LogP contribution in [-0.4, -0.2) is 5.91 Å². The van der Waals surface area contributed by atoms with Crippen LogP contribution in [0.5, 0.6) is 0 Å². The van der Waals surface area contributed by atoms with Crippen LogP contribution in [0.25, 0.3) is 5.70 Å². The SMILES string of the molecule is N#CC1=C(NC(=O)c2ccc(Cl)cc2Cl)c2ccccc2CC12CCCC2. The summed E-state index contributed by atoms with van der Waals surface area (Å²) in [6.45, 7) is 0. The highest BCUT2D eigenvalue weighted by atomic mass is 35.5. The van der Waals surface area contributed by atoms with Crippen molar-refractivity contribution in [3.05, 3.63) is 74.8 Å². The molecule has 3 nitrogen and oxygen atoms in total. The molecular weight excluding hydrogens is 379 g/mol. The second kappa shape index (κ2) is 7.03. The van der Waals surface area contributed by atoms with Crippen molar-refractivity contribution in [2.45, 2.75) is 32.1 Å². The first-order chi connectivity index (χ1) is 13.0. The van der Waals surface area contributed by atoms with E-state index in [-0.39, 0.29) is 11.3 Å². The summed E-state index contributed by atoms with van der Waals surface area (Å²) in [4.78, 5) is 12.9. The summed E-state index contributed by atoms with van der Waals surface area (Å²) in [5.74, 6) is -0.329. The molecule has 0 aliphatic heterocycles. The average molecular weight is 397 g/mol. The summed E-state index contributed by atoms with van der Waals surface area (Å²) in [5, 5.41) is 13.7. The van der Waals surface area contributed by atoms with Gasteiger partial charge in [-0.25, -0.2) is 0 Å². The van der Waals surface area contributed by atoms with Gasteiger partial charge in [0.25, 0.3) is 5.91 Å². The average Bonchev–Trinajstić information content (AvgIpc) is 3.10. The van der Waals surface area contributed by atoms with Crippen molar-refractivity contribution in [2.24, 2.45) is 5.41 Å². The summed E-state index contributed by atoms with van der Waals surface area (Å²) < 4.78 is 0. The molecule has 0 unspecified atom stereocenters. The molecule has 2 aromatic rings. The molecule has 1 spiro atoms. The Morgan fingerprint density at radius 1 is 1.11 bits per heavy atom. The Bertz CT molecular complexity index is 998. The van der Waals surface area contributed by atoms with Crippen molar-refractivity contribution in [2.75, 3.05) is 0 Å². The molecule has 1 saturated carbocycles. The van der Waals surface area contributed by atoms with Gasteiger partial charge in [0.2, 0.25) is 0 Å². The molecule has 0 radical (unpaired) electrons. The summed E-state index contributed by atoms with van der Waals surface area (Å²) in [5.41, 5.74) is 3.58. The molecule has 4 rings (SSSR count). The molecule has 0 aromatic heterocycles. The lowest BCUT2D eigenvalue weighted by atomic mass is 9.68. The fourth-order valence-corrected chi connectivity index (χ4v) is 4.90. The third kappa shape index (κ3) is 3.14. The van der Waals surface area contributed by atoms with Crippen LogP contribution in [0.1, 0.15) is 47.2 Å². The predicted octanol–water partition coefficient (Wildman–Crippen LogP) is 5.77. The number of carbonyl (C=O) groups is 1. The van der Waals surface area contributed by atoms with Gasteiger partial charge in [-0.2, -0.15) is 5.26 Å². The Morgan fingerprint density at radius 3 is 2.56 bits per heavy atom. The first-order valence-corrected chi connectivity index (χ1v) is 9.79. The number of allylic oxidation sites excluding steroid dienone is 1. The van der Waals surface area contributed by atoms with Crippen LogP contribution in [0.2, 0.25) is 10.0 Å². The molecule has 1 fully saturated rings. The van der Waals surface area contributed by atoms with Gasteiger partial charge in [0.1, 0.15) is 0 Å². The summed E-state index contributed by atoms with van der Waals surface area (Å²) in [6, 6.07) is 15.2. The van der Waals surface area contributed by atoms with E-state index < -0.39 is 0 Å². The zero-order valence-corrected chi connectivity index (χ0v) is 16.2. The van der Waals surface area contributed by atoms with E-state index in [9.17, 15) is 10.1 Å². The van der Waals surface area contributed by atoms with Crippen LogP contribution in [0, 0.1) is 16.7 Å². The van der Waals surface area contributed by atoms with Crippen molar-refractivity contribution < 1.29 is 4.79 Å². The summed E-state index contributed by atoms with van der Waals surface area (Å²) in [6.07, 6.45) is 5.03. The van der Waals surface area contributed by atoms with Crippen molar-refractivity contribution in [3.63, 3.8) is 0 Å². The number of fused-ring (bicyclic) bond motifs is 1. The molecular formula is C22H18Cl2N2O. The molecule has 1 N–H and O–H groups in total. The van der Waals surface area contributed by atoms with Crippen molar-refractivity contribution >= 4 is 34.8 Å². The van der Waals surface area contributed by atoms with Crippen molar-refractivity contribution in [1.82, 2.24) is 5.32 Å². The fraction of sp³-hybridized carbons (Fsp3) is 0.273. The minimum Gasteiger partial charge on any atom is -0.320 e. The molecule has 136 valence electrons. The van der Waals surface area contributed by atoms with E-state index in [1.165, 1.54) is 5.56 Å². The molecule has 0 saturated heterocycles. The normalized spacial score (nSPS) is 17.5. The summed E-state index contributed by atoms with van der Waals surface area (Å²) in [7, 11) is 0. The smallest absolute Gasteiger partial charge is 0.257 e. The Kier molecular flexibility index (Phi) is 4.72. The largest absolute Gasteiger partial charge is 0.320 e. The Labute approximate surface area is 168 Å². The first kappa shape index (κ1) is 18.1. The molecule has 0 atom stereocenters. The molecule has 27 heavy (non-hydrogen) atoms. The number of amides is 1. The molecule has 2 aliphatic carbocycles. The van der Waals surface area contributed by atoms with Crippen LogP contribution in [0.4, 0.5) is 0 Å². The predicted molar refractivity (Wildman–Crippen MR) is 108 cm³/mol. The standard InChI is InChI=1S/C22H18Cl2N2O/c23-15-7-8-17(19(24)11-15)21(27)26-20-16-6-2-1-5-14(16)12-22(18(20)13-25)9-3-4-10-22/h1-2,5-8,11H,3-4,9-10,12H2,(H,26,27). The lowest BCUT2D eigenvalue weighted by Gasteiger charge is -2.36. The minimum atomic E-state index is -0.329. The quantitative estimate of drug-likeness (QED) is 0.699. The summed E-state index contributed by atoms with van der Waals surface area (Å²) >= 11 is 12.1. The van der Waals surface area contributed by atoms with Gasteiger partial charge in [0.05, 0.1) is 27.9 Å². The van der Waals surface area contributed by atoms with Crippen LogP contribution < -0.4 is 5.32 Å². The number of nitriles is 1. The van der Waals surface area contributed by atoms with Crippen LogP contribution >= 0.6 is 23.2 Å². The third-order valence-electron chi connectivity index (χ3n) is 5.68. The van der Waals surface area contributed by atoms with Crippen molar-refractivity contribution in [3.8, 4) is 6.07 Å². The van der Waals surface area contributed by atoms with Gasteiger partial charge in [-0.05, 0) is 43.0 Å². The number of hydrogen-bond donors (Lipinski definition) is 1. The lowest BCUT2D eigenvalue weighted by molar-refractivity contribution is 0.0973. The van der Waals surface area contributed by atoms with Gasteiger partial charge >= 0.3 is 0 Å². The van der Waals surface area contributed by atoms with E-state index >= 15 is 0 Å². The zero-order chi connectivity index (χ0) is 19.0. The highest BCUT2D eigenvalue weighted by molar-refractivity contribution is 6.36. The Balaban J connectivity index is 1.81. The maximum absolute atomic E-state index is 12.9. The molecule has 2 aromatic carbocycles. The van der Waals surface area contributed by atoms with Gasteiger partial charge in [0.15, 0.2) is 0 Å². The van der Waals surface area contributed by atoms with E-state index in [1.807, 2.05) is 18.2 Å². The van der Waals surface area contributed by atoms with Crippen LogP contribution in [-0.2, 0) is 6.42 Å². The molecule has 0 heterocycles. The Morgan fingerprint density at radius 2 is 1.85 bits per heavy atom. The lowest BCUT2D eigenvalue weighted by Crippen LogP contribution is -2.33. The Hall–Kier alpha value is -2.28. The first-order valence-electron chi connectivity index (χ1n) is 9.04. The van der Waals surface area contributed by atoms with Gasteiger partial charge in [-0.1, -0.05) is 60.3 Å². The van der Waals surface area contributed by atoms with E-state index in [0.29, 0.717) is 26.9 Å². The van der Waals surface area contributed by atoms with E-state index in [1.54, 1.807) is 18.2 Å². The van der Waals surface area contributed by atoms with Crippen molar-refractivity contribution in [1.29, 1.82) is 5.26 Å². The van der Waals surface area contributed by atoms with Gasteiger partial charge in [-0.15, -0.1) is 0 Å². The molecule has 0 bridgehead atoms. The number of halogens is 2. The molecule has 1 amide bonds. The van der Waals surface area contributed by atoms with Gasteiger partial charge < -0.3 is 5.32 Å². The van der Waals surface area contributed by atoms with Gasteiger partial charge in [0, 0.05) is 16.0 Å². The zero-order valence-electron chi connectivity index (χ0n) is 14.7. The number of nitrogens with zero attached hydrogens (tertiary/aromatic N) is 1. The minimum absolute atomic E-state index is 0.171. The van der Waals surface area contributed by atoms with E-state index in [4.69, 9.17) is 23.2 Å². The number of hydrogen-bond acceptors (Lipinski definition) is 2. The number of nitrogens with one attached hydrogen (secondary N) is 1. The number of carbonyl (C=O) groups excluding carboxylic acids is 1. The maximum Gasteiger partial charge on any atom is 0.257 e. The van der Waals surface area contributed by atoms with E-state index in [2.05, 4.69) is 17.5 Å². The van der Waals surface area contributed by atoms with E-state index in [0.717, 1.165) is 37.7 Å². The second-order valence-electron chi connectivity index (χ2n) is 7.26. The van der Waals surface area contributed by atoms with Crippen LogP contribution in [0.3, 0.4) is 0 Å². The highest BCUT2D eigenvalue weighted by Gasteiger charge is 2.43. The fourth-order valence-electron chi connectivity index (χ4n) is 4.41. The molecule has 5 heteroatoms. The maximum atomic E-state index is 12.9. The number of benzene rings is 2. The monoisotopic (exact) mass is 396 g/mol. The van der Waals surface area contributed by atoms with Gasteiger partial charge in [-0.3, -0.25) is 4.79 Å². The third-order valence-corrected chi connectivity index (χ3v) is 6.23.